The molecule has 2 aromatic rings. The normalized spacial score (nSPS) is 13.0. The zero-order valence-corrected chi connectivity index (χ0v) is 13.8. The zero-order chi connectivity index (χ0) is 17.6. The van der Waals surface area contributed by atoms with Crippen LogP contribution in [0.4, 0.5) is 13.2 Å². The van der Waals surface area contributed by atoms with E-state index in [0.717, 1.165) is 16.4 Å². The standard InChI is InChI=1S/C17H16F3N2OP/c18-17(19,20)16(23)22-11-14(12-6-2-1-3-7-12)21-10-13-8-4-5-9-15(13)24/h1-10,14H,11,24H2,(H,22,23)/t14-/m1/s1. The first-order valence-electron chi connectivity index (χ1n) is 7.15. The summed E-state index contributed by atoms with van der Waals surface area (Å²) in [6, 6.07) is 15.7. The number of carbonyl (C=O) groups is 1. The van der Waals surface area contributed by atoms with Crippen LogP contribution in [0, 0.1) is 0 Å². The van der Waals surface area contributed by atoms with Crippen molar-refractivity contribution in [3.8, 4) is 0 Å². The minimum atomic E-state index is -4.91. The van der Waals surface area contributed by atoms with Gasteiger partial charge in [-0.3, -0.25) is 9.79 Å². The second-order valence-corrected chi connectivity index (χ2v) is 5.66. The van der Waals surface area contributed by atoms with Crippen molar-refractivity contribution in [2.24, 2.45) is 4.99 Å². The molecule has 0 aliphatic carbocycles. The molecule has 0 aliphatic rings. The van der Waals surface area contributed by atoms with Crippen molar-refractivity contribution in [3.05, 3.63) is 65.7 Å². The lowest BCUT2D eigenvalue weighted by atomic mass is 10.1. The Hall–Kier alpha value is -2.20. The van der Waals surface area contributed by atoms with E-state index in [1.807, 2.05) is 29.6 Å². The highest BCUT2D eigenvalue weighted by Crippen LogP contribution is 2.18. The van der Waals surface area contributed by atoms with Gasteiger partial charge in [0.2, 0.25) is 0 Å². The Morgan fingerprint density at radius 3 is 2.38 bits per heavy atom. The van der Waals surface area contributed by atoms with Crippen molar-refractivity contribution in [1.82, 2.24) is 5.32 Å². The van der Waals surface area contributed by atoms with Crippen molar-refractivity contribution in [1.29, 1.82) is 0 Å². The molecule has 24 heavy (non-hydrogen) atoms. The third kappa shape index (κ3) is 5.17. The largest absolute Gasteiger partial charge is 0.471 e. The number of halogens is 3. The molecule has 0 saturated heterocycles. The third-order valence-electron chi connectivity index (χ3n) is 3.29. The molecule has 2 rings (SSSR count). The topological polar surface area (TPSA) is 41.5 Å². The molecular formula is C17H16F3N2OP. The maximum Gasteiger partial charge on any atom is 0.471 e. The molecule has 1 unspecified atom stereocenters. The first-order chi connectivity index (χ1) is 11.4. The Morgan fingerprint density at radius 1 is 1.12 bits per heavy atom. The van der Waals surface area contributed by atoms with Gasteiger partial charge in [-0.15, -0.1) is 9.24 Å². The molecule has 7 heteroatoms. The molecule has 0 aromatic heterocycles. The molecule has 0 radical (unpaired) electrons. The van der Waals surface area contributed by atoms with E-state index in [4.69, 9.17) is 0 Å². The average molecular weight is 352 g/mol. The summed E-state index contributed by atoms with van der Waals surface area (Å²) < 4.78 is 37.1. The minimum absolute atomic E-state index is 0.238. The highest BCUT2D eigenvalue weighted by Gasteiger charge is 2.38. The van der Waals surface area contributed by atoms with Gasteiger partial charge in [0.1, 0.15) is 0 Å². The van der Waals surface area contributed by atoms with Gasteiger partial charge in [-0.25, -0.2) is 0 Å². The maximum absolute atomic E-state index is 12.4. The minimum Gasteiger partial charge on any atom is -0.346 e. The second-order valence-electron chi connectivity index (χ2n) is 5.04. The van der Waals surface area contributed by atoms with Crippen LogP contribution in [0.1, 0.15) is 17.2 Å². The van der Waals surface area contributed by atoms with Crippen molar-refractivity contribution in [2.45, 2.75) is 12.2 Å². The first kappa shape index (κ1) is 18.1. The third-order valence-corrected chi connectivity index (χ3v) is 3.81. The zero-order valence-electron chi connectivity index (χ0n) is 12.6. The summed E-state index contributed by atoms with van der Waals surface area (Å²) in [7, 11) is 2.57. The highest BCUT2D eigenvalue weighted by atomic mass is 31.0. The summed E-state index contributed by atoms with van der Waals surface area (Å²) in [6.07, 6.45) is -3.31. The fraction of sp³-hybridized carbons (Fsp3) is 0.176. The lowest BCUT2D eigenvalue weighted by molar-refractivity contribution is -0.173. The quantitative estimate of drug-likeness (QED) is 0.652. The summed E-state index contributed by atoms with van der Waals surface area (Å²) in [4.78, 5) is 15.4. The monoisotopic (exact) mass is 352 g/mol. The predicted molar refractivity (Wildman–Crippen MR) is 91.6 cm³/mol. The Kier molecular flexibility index (Phi) is 6.10. The smallest absolute Gasteiger partial charge is 0.346 e. The summed E-state index contributed by atoms with van der Waals surface area (Å²) in [5.74, 6) is -1.97. The van der Waals surface area contributed by atoms with Crippen LogP contribution in [0.2, 0.25) is 0 Å². The van der Waals surface area contributed by atoms with Crippen LogP contribution in [0.25, 0.3) is 0 Å². The summed E-state index contributed by atoms with van der Waals surface area (Å²) in [6.45, 7) is -0.238. The van der Waals surface area contributed by atoms with E-state index in [2.05, 4.69) is 14.2 Å². The van der Waals surface area contributed by atoms with Crippen LogP contribution in [0.5, 0.6) is 0 Å². The molecule has 1 N–H and O–H groups in total. The molecule has 0 aliphatic heterocycles. The van der Waals surface area contributed by atoms with Gasteiger partial charge in [-0.2, -0.15) is 13.2 Å². The van der Waals surface area contributed by atoms with E-state index in [0.29, 0.717) is 0 Å². The molecule has 3 nitrogen and oxygen atoms in total. The Balaban J connectivity index is 2.18. The highest BCUT2D eigenvalue weighted by molar-refractivity contribution is 7.27. The van der Waals surface area contributed by atoms with Gasteiger partial charge in [0.15, 0.2) is 0 Å². The Labute approximate surface area is 140 Å². The fourth-order valence-corrected chi connectivity index (χ4v) is 2.30. The number of hydrogen-bond acceptors (Lipinski definition) is 2. The SMILES string of the molecule is O=C(NC[C@@H](N=Cc1ccccc1P)c1ccccc1)C(F)(F)F. The van der Waals surface area contributed by atoms with E-state index >= 15 is 0 Å². The number of hydrogen-bond donors (Lipinski definition) is 1. The van der Waals surface area contributed by atoms with Crippen LogP contribution >= 0.6 is 9.24 Å². The van der Waals surface area contributed by atoms with Crippen molar-refractivity contribution in [3.63, 3.8) is 0 Å². The van der Waals surface area contributed by atoms with Crippen LogP contribution in [0.3, 0.4) is 0 Å². The molecule has 2 aromatic carbocycles. The van der Waals surface area contributed by atoms with Crippen molar-refractivity contribution < 1.29 is 18.0 Å². The molecule has 1 amide bonds. The predicted octanol–water partition coefficient (Wildman–Crippen LogP) is 3.03. The molecule has 0 heterocycles. The van der Waals surface area contributed by atoms with Gasteiger partial charge < -0.3 is 5.32 Å². The number of carbonyl (C=O) groups excluding carboxylic acids is 1. The molecule has 0 bridgehead atoms. The van der Waals surface area contributed by atoms with Crippen molar-refractivity contribution >= 4 is 26.7 Å². The number of nitrogens with zero attached hydrogens (tertiary/aromatic N) is 1. The number of rotatable bonds is 5. The molecule has 0 fully saturated rings. The summed E-state index contributed by atoms with van der Waals surface area (Å²) in [5.41, 5.74) is 1.56. The summed E-state index contributed by atoms with van der Waals surface area (Å²) >= 11 is 0. The van der Waals surface area contributed by atoms with E-state index < -0.39 is 18.1 Å². The van der Waals surface area contributed by atoms with E-state index in [1.165, 1.54) is 0 Å². The van der Waals surface area contributed by atoms with E-state index in [9.17, 15) is 18.0 Å². The molecule has 0 spiro atoms. The Morgan fingerprint density at radius 2 is 1.75 bits per heavy atom. The van der Waals surface area contributed by atoms with Gasteiger partial charge in [0, 0.05) is 12.8 Å². The van der Waals surface area contributed by atoms with Crippen LogP contribution in [0.15, 0.2) is 59.6 Å². The molecule has 0 saturated carbocycles. The molecule has 126 valence electrons. The van der Waals surface area contributed by atoms with Gasteiger partial charge in [0.25, 0.3) is 0 Å². The lowest BCUT2D eigenvalue weighted by Gasteiger charge is -2.15. The number of nitrogens with one attached hydrogen (secondary N) is 1. The average Bonchev–Trinajstić information content (AvgIpc) is 2.56. The van der Waals surface area contributed by atoms with Gasteiger partial charge >= 0.3 is 12.1 Å². The lowest BCUT2D eigenvalue weighted by Crippen LogP contribution is -2.38. The van der Waals surface area contributed by atoms with Gasteiger partial charge in [-0.1, -0.05) is 54.6 Å². The van der Waals surface area contributed by atoms with E-state index in [-0.39, 0.29) is 6.54 Å². The fourth-order valence-electron chi connectivity index (χ4n) is 2.02. The number of amides is 1. The number of aliphatic imine (C=N–C) groups is 1. The Bertz CT molecular complexity index is 717. The van der Waals surface area contributed by atoms with Gasteiger partial charge in [0.05, 0.1) is 6.04 Å². The van der Waals surface area contributed by atoms with Crippen molar-refractivity contribution in [2.75, 3.05) is 6.54 Å². The van der Waals surface area contributed by atoms with Crippen LogP contribution in [-0.4, -0.2) is 24.8 Å². The van der Waals surface area contributed by atoms with Crippen LogP contribution in [-0.2, 0) is 4.79 Å². The molecular weight excluding hydrogens is 336 g/mol. The summed E-state index contributed by atoms with van der Waals surface area (Å²) in [5, 5.41) is 2.81. The molecule has 2 atom stereocenters. The number of benzene rings is 2. The van der Waals surface area contributed by atoms with E-state index in [1.54, 1.807) is 36.5 Å². The van der Waals surface area contributed by atoms with Crippen LogP contribution < -0.4 is 10.6 Å². The first-order valence-corrected chi connectivity index (χ1v) is 7.73. The van der Waals surface area contributed by atoms with Gasteiger partial charge in [-0.05, 0) is 16.4 Å². The number of alkyl halides is 3. The maximum atomic E-state index is 12.4. The second kappa shape index (κ2) is 8.06.